The van der Waals surface area contributed by atoms with Gasteiger partial charge in [-0.05, 0) is 47.5 Å². The summed E-state index contributed by atoms with van der Waals surface area (Å²) in [6.45, 7) is 2.76. The summed E-state index contributed by atoms with van der Waals surface area (Å²) in [5, 5.41) is 3.23. The second kappa shape index (κ2) is 5.86. The van der Waals surface area contributed by atoms with Crippen molar-refractivity contribution < 1.29 is 4.79 Å². The quantitative estimate of drug-likeness (QED) is 0.770. The average Bonchev–Trinajstić information content (AvgIpc) is 2.19. The predicted octanol–water partition coefficient (Wildman–Crippen LogP) is 1.70. The number of benzene rings is 1. The number of carbonyl (C=O) groups excluding carboxylic acids is 1. The highest BCUT2D eigenvalue weighted by Gasteiger charge is 2.04. The minimum atomic E-state index is -0.428. The third-order valence-corrected chi connectivity index (χ3v) is 2.82. The van der Waals surface area contributed by atoms with Crippen LogP contribution in [0.4, 0.5) is 5.69 Å². The molecule has 1 unspecified atom stereocenters. The summed E-state index contributed by atoms with van der Waals surface area (Å²) in [6.07, 6.45) is 0.893. The van der Waals surface area contributed by atoms with Gasteiger partial charge in [-0.3, -0.25) is 4.79 Å². The van der Waals surface area contributed by atoms with Gasteiger partial charge in [0.1, 0.15) is 0 Å². The summed E-state index contributed by atoms with van der Waals surface area (Å²) in [5.74, 6) is -0.428. The normalized spacial score (nSPS) is 12.2. The highest BCUT2D eigenvalue weighted by atomic mass is 79.9. The maximum atomic E-state index is 10.9. The molecule has 0 aromatic heterocycles. The Morgan fingerprint density at radius 3 is 2.75 bits per heavy atom. The van der Waals surface area contributed by atoms with Gasteiger partial charge in [0.2, 0.25) is 5.91 Å². The molecule has 88 valence electrons. The molecule has 5 N–H and O–H groups in total. The summed E-state index contributed by atoms with van der Waals surface area (Å²) in [6, 6.07) is 5.40. The number of hydrogen-bond donors (Lipinski definition) is 3. The van der Waals surface area contributed by atoms with Gasteiger partial charge < -0.3 is 16.8 Å². The summed E-state index contributed by atoms with van der Waals surface area (Å²) in [7, 11) is 0. The Morgan fingerprint density at radius 1 is 1.56 bits per heavy atom. The number of nitrogens with one attached hydrogen (secondary N) is 1. The molecule has 0 bridgehead atoms. The van der Waals surface area contributed by atoms with Gasteiger partial charge >= 0.3 is 0 Å². The van der Waals surface area contributed by atoms with Crippen molar-refractivity contribution in [3.8, 4) is 0 Å². The van der Waals surface area contributed by atoms with Crippen molar-refractivity contribution in [1.29, 1.82) is 0 Å². The average molecular weight is 286 g/mol. The molecule has 0 saturated heterocycles. The van der Waals surface area contributed by atoms with Crippen molar-refractivity contribution in [2.24, 2.45) is 11.5 Å². The van der Waals surface area contributed by atoms with Crippen LogP contribution >= 0.6 is 15.9 Å². The molecule has 16 heavy (non-hydrogen) atoms. The first-order valence-electron chi connectivity index (χ1n) is 5.09. The molecule has 0 aliphatic rings. The molecule has 0 radical (unpaired) electrons. The number of carbonyl (C=O) groups is 1. The van der Waals surface area contributed by atoms with Crippen LogP contribution in [0.3, 0.4) is 0 Å². The lowest BCUT2D eigenvalue weighted by Gasteiger charge is -2.10. The zero-order valence-corrected chi connectivity index (χ0v) is 10.8. The molecular formula is C11H16BrN3O. The molecule has 1 rings (SSSR count). The van der Waals surface area contributed by atoms with Crippen LogP contribution in [0.25, 0.3) is 0 Å². The Labute approximate surface area is 104 Å². The van der Waals surface area contributed by atoms with Gasteiger partial charge in [-0.15, -0.1) is 0 Å². The van der Waals surface area contributed by atoms with E-state index in [1.54, 1.807) is 12.1 Å². The Hall–Kier alpha value is -1.07. The Balaban J connectivity index is 2.64. The fourth-order valence-electron chi connectivity index (χ4n) is 1.25. The van der Waals surface area contributed by atoms with Crippen LogP contribution in [-0.2, 0) is 0 Å². The van der Waals surface area contributed by atoms with Crippen LogP contribution in [0.1, 0.15) is 23.7 Å². The van der Waals surface area contributed by atoms with Gasteiger partial charge in [-0.1, -0.05) is 0 Å². The van der Waals surface area contributed by atoms with Gasteiger partial charge in [0.25, 0.3) is 0 Å². The molecule has 1 atom stereocenters. The molecule has 0 spiro atoms. The minimum Gasteiger partial charge on any atom is -0.384 e. The van der Waals surface area contributed by atoms with Crippen LogP contribution in [0.2, 0.25) is 0 Å². The van der Waals surface area contributed by atoms with Crippen LogP contribution in [0.5, 0.6) is 0 Å². The fourth-order valence-corrected chi connectivity index (χ4v) is 1.77. The number of halogens is 1. The molecule has 4 nitrogen and oxygen atoms in total. The second-order valence-corrected chi connectivity index (χ2v) is 4.61. The van der Waals surface area contributed by atoms with Crippen LogP contribution in [0, 0.1) is 0 Å². The molecule has 0 saturated carbocycles. The lowest BCUT2D eigenvalue weighted by molar-refractivity contribution is 0.100. The maximum absolute atomic E-state index is 10.9. The van der Waals surface area contributed by atoms with E-state index in [1.165, 1.54) is 0 Å². The first-order valence-corrected chi connectivity index (χ1v) is 5.89. The molecule has 1 aromatic carbocycles. The Morgan fingerprint density at radius 2 is 2.25 bits per heavy atom. The van der Waals surface area contributed by atoms with Crippen molar-refractivity contribution >= 4 is 27.5 Å². The van der Waals surface area contributed by atoms with Gasteiger partial charge in [0, 0.05) is 28.3 Å². The van der Waals surface area contributed by atoms with E-state index in [0.29, 0.717) is 5.56 Å². The lowest BCUT2D eigenvalue weighted by atomic mass is 10.2. The second-order valence-electron chi connectivity index (χ2n) is 3.75. The van der Waals surface area contributed by atoms with E-state index >= 15 is 0 Å². The highest BCUT2D eigenvalue weighted by molar-refractivity contribution is 9.10. The number of anilines is 1. The number of rotatable bonds is 5. The largest absolute Gasteiger partial charge is 0.384 e. The SMILES string of the molecule is CC(N)CCNc1ccc(C(N)=O)cc1Br. The molecule has 0 aliphatic heterocycles. The van der Waals surface area contributed by atoms with Crippen LogP contribution in [-0.4, -0.2) is 18.5 Å². The van der Waals surface area contributed by atoms with E-state index in [1.807, 2.05) is 13.0 Å². The van der Waals surface area contributed by atoms with E-state index in [0.717, 1.165) is 23.1 Å². The van der Waals surface area contributed by atoms with Crippen LogP contribution < -0.4 is 16.8 Å². The third kappa shape index (κ3) is 3.83. The molecule has 5 heteroatoms. The van der Waals surface area contributed by atoms with Gasteiger partial charge in [0.15, 0.2) is 0 Å². The molecule has 0 heterocycles. The number of hydrogen-bond acceptors (Lipinski definition) is 3. The van der Waals surface area contributed by atoms with Crippen molar-refractivity contribution in [3.05, 3.63) is 28.2 Å². The maximum Gasteiger partial charge on any atom is 0.248 e. The van der Waals surface area contributed by atoms with E-state index in [-0.39, 0.29) is 6.04 Å². The van der Waals surface area contributed by atoms with E-state index in [2.05, 4.69) is 21.2 Å². The fraction of sp³-hybridized carbons (Fsp3) is 0.364. The van der Waals surface area contributed by atoms with Crippen molar-refractivity contribution in [2.45, 2.75) is 19.4 Å². The lowest BCUT2D eigenvalue weighted by Crippen LogP contribution is -2.19. The first-order chi connectivity index (χ1) is 7.50. The zero-order chi connectivity index (χ0) is 12.1. The monoisotopic (exact) mass is 285 g/mol. The summed E-state index contributed by atoms with van der Waals surface area (Å²) >= 11 is 3.38. The Kier molecular flexibility index (Phi) is 4.76. The standard InChI is InChI=1S/C11H16BrN3O/c1-7(13)4-5-15-10-3-2-8(11(14)16)6-9(10)12/h2-3,6-7,15H,4-5,13H2,1H3,(H2,14,16). The summed E-state index contributed by atoms with van der Waals surface area (Å²) < 4.78 is 0.827. The van der Waals surface area contributed by atoms with E-state index in [4.69, 9.17) is 11.5 Å². The summed E-state index contributed by atoms with van der Waals surface area (Å²) in [4.78, 5) is 10.9. The number of amides is 1. The Bertz CT molecular complexity index is 379. The van der Waals surface area contributed by atoms with E-state index in [9.17, 15) is 4.79 Å². The molecular weight excluding hydrogens is 270 g/mol. The van der Waals surface area contributed by atoms with Crippen molar-refractivity contribution in [1.82, 2.24) is 0 Å². The number of primary amides is 1. The molecule has 1 aromatic rings. The summed E-state index contributed by atoms with van der Waals surface area (Å²) in [5.41, 5.74) is 12.2. The topological polar surface area (TPSA) is 81.1 Å². The predicted molar refractivity (Wildman–Crippen MR) is 69.4 cm³/mol. The molecule has 0 aliphatic carbocycles. The van der Waals surface area contributed by atoms with Gasteiger partial charge in [-0.25, -0.2) is 0 Å². The molecule has 0 fully saturated rings. The number of nitrogens with two attached hydrogens (primary N) is 2. The van der Waals surface area contributed by atoms with Crippen molar-refractivity contribution in [3.63, 3.8) is 0 Å². The van der Waals surface area contributed by atoms with Crippen LogP contribution in [0.15, 0.2) is 22.7 Å². The smallest absolute Gasteiger partial charge is 0.248 e. The third-order valence-electron chi connectivity index (χ3n) is 2.17. The van der Waals surface area contributed by atoms with E-state index < -0.39 is 5.91 Å². The van der Waals surface area contributed by atoms with Crippen molar-refractivity contribution in [2.75, 3.05) is 11.9 Å². The zero-order valence-electron chi connectivity index (χ0n) is 9.16. The first kappa shape index (κ1) is 13.0. The highest BCUT2D eigenvalue weighted by Crippen LogP contribution is 2.23. The van der Waals surface area contributed by atoms with Gasteiger partial charge in [0.05, 0.1) is 0 Å². The minimum absolute atomic E-state index is 0.177. The van der Waals surface area contributed by atoms with Gasteiger partial charge in [-0.2, -0.15) is 0 Å². The molecule has 1 amide bonds.